The molecule has 1 aromatic heterocycles. The molecule has 1 aliphatic heterocycles. The quantitative estimate of drug-likeness (QED) is 0.506. The fourth-order valence-electron chi connectivity index (χ4n) is 4.92. The molecule has 0 radical (unpaired) electrons. The number of benzene rings is 2. The molecule has 1 N–H and O–H groups in total. The first kappa shape index (κ1) is 24.4. The highest BCUT2D eigenvalue weighted by Crippen LogP contribution is 2.38. The van der Waals surface area contributed by atoms with Gasteiger partial charge in [-0.3, -0.25) is 4.79 Å². The Labute approximate surface area is 201 Å². The smallest absolute Gasteiger partial charge is 0.391 e. The lowest BCUT2D eigenvalue weighted by Gasteiger charge is -2.22. The van der Waals surface area contributed by atoms with Crippen molar-refractivity contribution in [3.63, 3.8) is 0 Å². The molecule has 190 valence electrons. The Hall–Kier alpha value is -3.34. The maximum atomic E-state index is 14.0. The van der Waals surface area contributed by atoms with Crippen molar-refractivity contribution < 1.29 is 31.4 Å². The maximum Gasteiger partial charge on any atom is 0.418 e. The van der Waals surface area contributed by atoms with Crippen LogP contribution >= 0.6 is 0 Å². The SMILES string of the molecule is O=c1c2c(c(-c3cccc(C(F)(F)F)c3)nn1-c1cc(N3CCC(O)C3)ccc1C(F)(F)F)CCC2. The number of anilines is 1. The minimum absolute atomic E-state index is 0.0586. The topological polar surface area (TPSA) is 58.4 Å². The van der Waals surface area contributed by atoms with Crippen LogP contribution in [0.5, 0.6) is 0 Å². The highest BCUT2D eigenvalue weighted by atomic mass is 19.4. The van der Waals surface area contributed by atoms with Crippen molar-refractivity contribution >= 4 is 5.69 Å². The van der Waals surface area contributed by atoms with Crippen molar-refractivity contribution in [2.45, 2.75) is 44.1 Å². The molecule has 2 aromatic carbocycles. The third-order valence-corrected chi connectivity index (χ3v) is 6.66. The lowest BCUT2D eigenvalue weighted by molar-refractivity contribution is -0.138. The van der Waals surface area contributed by atoms with Crippen molar-refractivity contribution in [3.05, 3.63) is 75.1 Å². The number of β-amino-alcohol motifs (C(OH)–C–C–N with tert-alkyl or cyclic N) is 1. The molecule has 1 fully saturated rings. The minimum Gasteiger partial charge on any atom is -0.391 e. The number of aliphatic hydroxyl groups is 1. The van der Waals surface area contributed by atoms with E-state index in [0.717, 1.165) is 18.2 Å². The Kier molecular flexibility index (Phi) is 5.85. The van der Waals surface area contributed by atoms with Gasteiger partial charge in [0.15, 0.2) is 0 Å². The van der Waals surface area contributed by atoms with E-state index < -0.39 is 40.8 Å². The zero-order valence-corrected chi connectivity index (χ0v) is 18.8. The molecule has 11 heteroatoms. The summed E-state index contributed by atoms with van der Waals surface area (Å²) in [5.74, 6) is 0. The predicted molar refractivity (Wildman–Crippen MR) is 120 cm³/mol. The molecule has 0 spiro atoms. The molecule has 5 rings (SSSR count). The molecular formula is C25H21F6N3O2. The van der Waals surface area contributed by atoms with Gasteiger partial charge in [-0.05, 0) is 61.6 Å². The summed E-state index contributed by atoms with van der Waals surface area (Å²) < 4.78 is 82.7. The Morgan fingerprint density at radius 1 is 0.944 bits per heavy atom. The van der Waals surface area contributed by atoms with Crippen molar-refractivity contribution in [2.75, 3.05) is 18.0 Å². The molecule has 5 nitrogen and oxygen atoms in total. The maximum absolute atomic E-state index is 14.0. The third-order valence-electron chi connectivity index (χ3n) is 6.66. The number of fused-ring (bicyclic) bond motifs is 1. The van der Waals surface area contributed by atoms with E-state index >= 15 is 0 Å². The molecule has 0 saturated carbocycles. The Balaban J connectivity index is 1.74. The molecule has 2 heterocycles. The fraction of sp³-hybridized carbons (Fsp3) is 0.360. The summed E-state index contributed by atoms with van der Waals surface area (Å²) in [5, 5.41) is 14.1. The summed E-state index contributed by atoms with van der Waals surface area (Å²) in [6.45, 7) is 0.654. The molecule has 2 aliphatic rings. The standard InChI is InChI=1S/C25H21F6N3O2/c26-24(27,28)15-4-1-3-14(11-15)22-18-5-2-6-19(18)23(36)34(32-22)21-12-16(33-10-9-17(35)13-33)7-8-20(21)25(29,30)31/h1,3-4,7-8,11-12,17,35H,2,5-6,9-10,13H2. The van der Waals surface area contributed by atoms with Gasteiger partial charge in [-0.1, -0.05) is 12.1 Å². The monoisotopic (exact) mass is 509 g/mol. The second-order valence-corrected chi connectivity index (χ2v) is 9.04. The lowest BCUT2D eigenvalue weighted by Crippen LogP contribution is -2.29. The molecule has 1 unspecified atom stereocenters. The minimum atomic E-state index is -4.81. The summed E-state index contributed by atoms with van der Waals surface area (Å²) in [6.07, 6.45) is -8.37. The van der Waals surface area contributed by atoms with Crippen LogP contribution in [-0.4, -0.2) is 34.1 Å². The Morgan fingerprint density at radius 3 is 2.36 bits per heavy atom. The number of aromatic nitrogens is 2. The van der Waals surface area contributed by atoms with Crippen LogP contribution in [-0.2, 0) is 25.2 Å². The highest BCUT2D eigenvalue weighted by molar-refractivity contribution is 5.67. The number of alkyl halides is 6. The molecule has 3 aromatic rings. The molecular weight excluding hydrogens is 488 g/mol. The first-order chi connectivity index (χ1) is 16.9. The fourth-order valence-corrected chi connectivity index (χ4v) is 4.92. The van der Waals surface area contributed by atoms with Gasteiger partial charge in [-0.2, -0.15) is 36.1 Å². The van der Waals surface area contributed by atoms with Crippen molar-refractivity contribution in [1.29, 1.82) is 0 Å². The highest BCUT2D eigenvalue weighted by Gasteiger charge is 2.37. The van der Waals surface area contributed by atoms with Crippen molar-refractivity contribution in [2.24, 2.45) is 0 Å². The summed E-state index contributed by atoms with van der Waals surface area (Å²) in [5.41, 5.74) is -2.01. The van der Waals surface area contributed by atoms with E-state index in [1.807, 2.05) is 0 Å². The zero-order valence-electron chi connectivity index (χ0n) is 18.8. The van der Waals surface area contributed by atoms with Crippen LogP contribution in [0.3, 0.4) is 0 Å². The predicted octanol–water partition coefficient (Wildman–Crippen LogP) is 5.00. The molecule has 1 saturated heterocycles. The molecule has 36 heavy (non-hydrogen) atoms. The van der Waals surface area contributed by atoms with Crippen LogP contribution in [0.4, 0.5) is 32.0 Å². The third kappa shape index (κ3) is 4.36. The number of nitrogens with zero attached hydrogens (tertiary/aromatic N) is 3. The number of halogens is 6. The zero-order chi connectivity index (χ0) is 25.8. The van der Waals surface area contributed by atoms with Gasteiger partial charge in [0.2, 0.25) is 0 Å². The van der Waals surface area contributed by atoms with Gasteiger partial charge in [0.1, 0.15) is 0 Å². The molecule has 1 aliphatic carbocycles. The number of aliphatic hydroxyl groups excluding tert-OH is 1. The summed E-state index contributed by atoms with van der Waals surface area (Å²) >= 11 is 0. The summed E-state index contributed by atoms with van der Waals surface area (Å²) in [7, 11) is 0. The summed E-state index contributed by atoms with van der Waals surface area (Å²) in [4.78, 5) is 15.0. The van der Waals surface area contributed by atoms with E-state index in [0.29, 0.717) is 48.2 Å². The number of hydrogen-bond donors (Lipinski definition) is 1. The number of rotatable bonds is 3. The molecule has 0 bridgehead atoms. The lowest BCUT2D eigenvalue weighted by atomic mass is 10.0. The van der Waals surface area contributed by atoms with Gasteiger partial charge in [0, 0.05) is 29.9 Å². The van der Waals surface area contributed by atoms with E-state index in [1.165, 1.54) is 24.3 Å². The first-order valence-electron chi connectivity index (χ1n) is 11.4. The van der Waals surface area contributed by atoms with Crippen LogP contribution in [0.25, 0.3) is 16.9 Å². The first-order valence-corrected chi connectivity index (χ1v) is 11.4. The summed E-state index contributed by atoms with van der Waals surface area (Å²) in [6, 6.07) is 7.73. The van der Waals surface area contributed by atoms with E-state index in [-0.39, 0.29) is 23.4 Å². The van der Waals surface area contributed by atoms with Crippen molar-refractivity contribution in [1.82, 2.24) is 9.78 Å². The average Bonchev–Trinajstić information content (AvgIpc) is 3.48. The van der Waals surface area contributed by atoms with Crippen molar-refractivity contribution in [3.8, 4) is 16.9 Å². The van der Waals surface area contributed by atoms with Crippen LogP contribution in [0, 0.1) is 0 Å². The van der Waals surface area contributed by atoms with Gasteiger partial charge < -0.3 is 10.0 Å². The number of hydrogen-bond acceptors (Lipinski definition) is 4. The second-order valence-electron chi connectivity index (χ2n) is 9.04. The Morgan fingerprint density at radius 2 is 1.69 bits per heavy atom. The van der Waals surface area contributed by atoms with Crippen LogP contribution in [0.2, 0.25) is 0 Å². The van der Waals surface area contributed by atoms with Crippen LogP contribution in [0.1, 0.15) is 35.1 Å². The van der Waals surface area contributed by atoms with Gasteiger partial charge >= 0.3 is 12.4 Å². The van der Waals surface area contributed by atoms with Gasteiger partial charge in [-0.25, -0.2) is 0 Å². The molecule has 1 atom stereocenters. The van der Waals surface area contributed by atoms with Gasteiger partial charge in [0.05, 0.1) is 28.6 Å². The van der Waals surface area contributed by atoms with E-state index in [9.17, 15) is 36.2 Å². The normalized spacial score (nSPS) is 18.1. The van der Waals surface area contributed by atoms with Gasteiger partial charge in [-0.15, -0.1) is 0 Å². The second kappa shape index (κ2) is 8.65. The largest absolute Gasteiger partial charge is 0.418 e. The van der Waals surface area contributed by atoms with E-state index in [2.05, 4.69) is 5.10 Å². The molecule has 0 amide bonds. The van der Waals surface area contributed by atoms with E-state index in [4.69, 9.17) is 0 Å². The van der Waals surface area contributed by atoms with Crippen LogP contribution in [0.15, 0.2) is 47.3 Å². The van der Waals surface area contributed by atoms with E-state index in [1.54, 1.807) is 4.90 Å². The average molecular weight is 509 g/mol. The Bertz CT molecular complexity index is 1380. The van der Waals surface area contributed by atoms with Crippen LogP contribution < -0.4 is 10.5 Å². The van der Waals surface area contributed by atoms with Gasteiger partial charge in [0.25, 0.3) is 5.56 Å².